The fourth-order valence-electron chi connectivity index (χ4n) is 2.81. The summed E-state index contributed by atoms with van der Waals surface area (Å²) in [4.78, 5) is 37.2. The van der Waals surface area contributed by atoms with Crippen molar-refractivity contribution in [2.45, 2.75) is 18.9 Å². The Hall–Kier alpha value is -3.42. The van der Waals surface area contributed by atoms with Gasteiger partial charge in [0.1, 0.15) is 17.1 Å². The molecule has 0 unspecified atom stereocenters. The van der Waals surface area contributed by atoms with Crippen molar-refractivity contribution in [2.75, 3.05) is 7.11 Å². The van der Waals surface area contributed by atoms with Gasteiger partial charge in [-0.15, -0.1) is 0 Å². The molecule has 7 nitrogen and oxygen atoms in total. The zero-order valence-electron chi connectivity index (χ0n) is 14.8. The van der Waals surface area contributed by atoms with E-state index in [1.165, 1.54) is 31.4 Å². The van der Waals surface area contributed by atoms with Crippen LogP contribution in [0.1, 0.15) is 18.1 Å². The molecule has 0 aromatic heterocycles. The summed E-state index contributed by atoms with van der Waals surface area (Å²) in [6.45, 7) is 1.56. The van der Waals surface area contributed by atoms with Gasteiger partial charge in [0.2, 0.25) is 5.91 Å². The molecule has 1 fully saturated rings. The first-order chi connectivity index (χ1) is 12.8. The fourth-order valence-corrected chi connectivity index (χ4v) is 2.81. The second kappa shape index (κ2) is 7.06. The van der Waals surface area contributed by atoms with E-state index in [0.717, 1.165) is 0 Å². The number of carbonyl (C=O) groups is 3. The number of ether oxygens (including phenoxy) is 1. The molecule has 140 valence electrons. The van der Waals surface area contributed by atoms with Crippen LogP contribution in [0.15, 0.2) is 48.5 Å². The lowest BCUT2D eigenvalue weighted by atomic mass is 9.92. The third kappa shape index (κ3) is 3.59. The lowest BCUT2D eigenvalue weighted by Gasteiger charge is -2.22. The normalized spacial score (nSPS) is 19.0. The SMILES string of the molecule is COc1ccc([C@@]2(C)NC(=O)N(NC(=O)Cc3ccc(F)cc3)C2=O)cc1. The largest absolute Gasteiger partial charge is 0.497 e. The van der Waals surface area contributed by atoms with Crippen LogP contribution in [0.3, 0.4) is 0 Å². The molecule has 2 aromatic rings. The summed E-state index contributed by atoms with van der Waals surface area (Å²) in [7, 11) is 1.53. The Balaban J connectivity index is 1.73. The zero-order valence-corrected chi connectivity index (χ0v) is 14.8. The van der Waals surface area contributed by atoms with Crippen LogP contribution >= 0.6 is 0 Å². The standard InChI is InChI=1S/C19H18FN3O4/c1-19(13-5-9-15(27-2)10-6-13)17(25)23(18(26)21-19)22-16(24)11-12-3-7-14(20)8-4-12/h3-10H,11H2,1-2H3,(H,21,26)(H,22,24)/t19-/m1/s1. The molecule has 0 saturated carbocycles. The van der Waals surface area contributed by atoms with Gasteiger partial charge in [-0.2, -0.15) is 5.01 Å². The first-order valence-corrected chi connectivity index (χ1v) is 8.18. The molecule has 27 heavy (non-hydrogen) atoms. The van der Waals surface area contributed by atoms with Crippen molar-refractivity contribution in [3.63, 3.8) is 0 Å². The molecule has 1 atom stereocenters. The number of carbonyl (C=O) groups excluding carboxylic acids is 3. The maximum atomic E-state index is 12.9. The third-order valence-electron chi connectivity index (χ3n) is 4.37. The second-order valence-corrected chi connectivity index (χ2v) is 6.26. The minimum atomic E-state index is -1.31. The first kappa shape index (κ1) is 18.4. The Labute approximate surface area is 155 Å². The maximum absolute atomic E-state index is 12.9. The Bertz CT molecular complexity index is 883. The maximum Gasteiger partial charge on any atom is 0.344 e. The van der Waals surface area contributed by atoms with Gasteiger partial charge in [-0.25, -0.2) is 9.18 Å². The summed E-state index contributed by atoms with van der Waals surface area (Å²) in [6.07, 6.45) is -0.101. The average Bonchev–Trinajstić information content (AvgIpc) is 2.88. The lowest BCUT2D eigenvalue weighted by Crippen LogP contribution is -2.48. The molecular formula is C19H18FN3O4. The highest BCUT2D eigenvalue weighted by Crippen LogP contribution is 2.29. The molecule has 0 bridgehead atoms. The van der Waals surface area contributed by atoms with Crippen LogP contribution in [0.25, 0.3) is 0 Å². The summed E-state index contributed by atoms with van der Waals surface area (Å²) >= 11 is 0. The van der Waals surface area contributed by atoms with Gasteiger partial charge in [-0.3, -0.25) is 15.0 Å². The molecular weight excluding hydrogens is 353 g/mol. The van der Waals surface area contributed by atoms with E-state index in [9.17, 15) is 18.8 Å². The van der Waals surface area contributed by atoms with Crippen LogP contribution in [-0.4, -0.2) is 30.0 Å². The second-order valence-electron chi connectivity index (χ2n) is 6.26. The van der Waals surface area contributed by atoms with Crippen LogP contribution in [0.2, 0.25) is 0 Å². The number of hydrogen-bond acceptors (Lipinski definition) is 4. The smallest absolute Gasteiger partial charge is 0.344 e. The molecule has 1 aliphatic rings. The number of benzene rings is 2. The predicted molar refractivity (Wildman–Crippen MR) is 94.0 cm³/mol. The molecule has 4 amide bonds. The quantitative estimate of drug-likeness (QED) is 0.786. The fraction of sp³-hybridized carbons (Fsp3) is 0.211. The average molecular weight is 371 g/mol. The van der Waals surface area contributed by atoms with Crippen molar-refractivity contribution >= 4 is 17.8 Å². The molecule has 2 aromatic carbocycles. The monoisotopic (exact) mass is 371 g/mol. The molecule has 1 aliphatic heterocycles. The van der Waals surface area contributed by atoms with Gasteiger partial charge in [0.15, 0.2) is 0 Å². The molecule has 1 heterocycles. The van der Waals surface area contributed by atoms with Gasteiger partial charge in [0.05, 0.1) is 13.5 Å². The van der Waals surface area contributed by atoms with Crippen LogP contribution < -0.4 is 15.5 Å². The highest BCUT2D eigenvalue weighted by Gasteiger charge is 2.50. The molecule has 0 aliphatic carbocycles. The van der Waals surface area contributed by atoms with Crippen LogP contribution in [0.4, 0.5) is 9.18 Å². The number of amides is 4. The van der Waals surface area contributed by atoms with Gasteiger partial charge in [0.25, 0.3) is 5.91 Å². The summed E-state index contributed by atoms with van der Waals surface area (Å²) in [5, 5.41) is 3.26. The van der Waals surface area contributed by atoms with Crippen LogP contribution in [0, 0.1) is 5.82 Å². The van der Waals surface area contributed by atoms with E-state index in [0.29, 0.717) is 21.9 Å². The summed E-state index contributed by atoms with van der Waals surface area (Å²) in [5.41, 5.74) is 2.10. The van der Waals surface area contributed by atoms with Crippen molar-refractivity contribution in [3.8, 4) is 5.75 Å². The van der Waals surface area contributed by atoms with Gasteiger partial charge in [-0.05, 0) is 42.3 Å². The number of hydrazine groups is 1. The minimum Gasteiger partial charge on any atom is -0.497 e. The van der Waals surface area contributed by atoms with Crippen molar-refractivity contribution in [1.82, 2.24) is 15.8 Å². The molecule has 0 spiro atoms. The Morgan fingerprint density at radius 1 is 1.15 bits per heavy atom. The van der Waals surface area contributed by atoms with Gasteiger partial charge < -0.3 is 10.1 Å². The van der Waals surface area contributed by atoms with E-state index in [-0.39, 0.29) is 6.42 Å². The van der Waals surface area contributed by atoms with E-state index < -0.39 is 29.2 Å². The third-order valence-corrected chi connectivity index (χ3v) is 4.37. The number of imide groups is 1. The Morgan fingerprint density at radius 3 is 2.37 bits per heavy atom. The predicted octanol–water partition coefficient (Wildman–Crippen LogP) is 1.88. The van der Waals surface area contributed by atoms with E-state index in [2.05, 4.69) is 10.7 Å². The van der Waals surface area contributed by atoms with Crippen molar-refractivity contribution in [1.29, 1.82) is 0 Å². The Morgan fingerprint density at radius 2 is 1.78 bits per heavy atom. The number of nitrogens with one attached hydrogen (secondary N) is 2. The van der Waals surface area contributed by atoms with E-state index in [1.807, 2.05) is 0 Å². The Kier molecular flexibility index (Phi) is 4.81. The lowest BCUT2D eigenvalue weighted by molar-refractivity contribution is -0.138. The topological polar surface area (TPSA) is 87.7 Å². The number of nitrogens with zero attached hydrogens (tertiary/aromatic N) is 1. The molecule has 1 saturated heterocycles. The number of methoxy groups -OCH3 is 1. The summed E-state index contributed by atoms with van der Waals surface area (Å²) in [5.74, 6) is -0.971. The minimum absolute atomic E-state index is 0.101. The first-order valence-electron chi connectivity index (χ1n) is 8.18. The highest BCUT2D eigenvalue weighted by molar-refractivity contribution is 6.08. The van der Waals surface area contributed by atoms with Crippen molar-refractivity contribution in [2.24, 2.45) is 0 Å². The van der Waals surface area contributed by atoms with Gasteiger partial charge in [-0.1, -0.05) is 24.3 Å². The zero-order chi connectivity index (χ0) is 19.6. The van der Waals surface area contributed by atoms with Crippen LogP contribution in [0.5, 0.6) is 5.75 Å². The summed E-state index contributed by atoms with van der Waals surface area (Å²) < 4.78 is 18.0. The summed E-state index contributed by atoms with van der Waals surface area (Å²) in [6, 6.07) is 11.3. The molecule has 2 N–H and O–H groups in total. The van der Waals surface area contributed by atoms with E-state index >= 15 is 0 Å². The molecule has 8 heteroatoms. The number of urea groups is 1. The van der Waals surface area contributed by atoms with E-state index in [4.69, 9.17) is 4.74 Å². The highest BCUT2D eigenvalue weighted by atomic mass is 19.1. The van der Waals surface area contributed by atoms with E-state index in [1.54, 1.807) is 31.2 Å². The van der Waals surface area contributed by atoms with Crippen LogP contribution in [-0.2, 0) is 21.5 Å². The van der Waals surface area contributed by atoms with Crippen molar-refractivity contribution in [3.05, 3.63) is 65.5 Å². The van der Waals surface area contributed by atoms with Gasteiger partial charge in [0, 0.05) is 0 Å². The van der Waals surface area contributed by atoms with Gasteiger partial charge >= 0.3 is 6.03 Å². The number of halogens is 1. The molecule has 3 rings (SSSR count). The molecule has 0 radical (unpaired) electrons. The number of rotatable bonds is 5. The number of hydrogen-bond donors (Lipinski definition) is 2. The van der Waals surface area contributed by atoms with Crippen molar-refractivity contribution < 1.29 is 23.5 Å².